The lowest BCUT2D eigenvalue weighted by Gasteiger charge is -2.34. The Balaban J connectivity index is 2.08. The van der Waals surface area contributed by atoms with Crippen molar-refractivity contribution in [3.8, 4) is 0 Å². The first-order valence-electron chi connectivity index (χ1n) is 6.99. The number of piperazine rings is 1. The zero-order chi connectivity index (χ0) is 15.5. The molecule has 1 aliphatic heterocycles. The first-order chi connectivity index (χ1) is 9.96. The smallest absolute Gasteiger partial charge is 0.246 e. The Labute approximate surface area is 124 Å². The maximum atomic E-state index is 13.7. The highest BCUT2D eigenvalue weighted by molar-refractivity contribution is 7.89. The van der Waals surface area contributed by atoms with Gasteiger partial charge in [-0.2, -0.15) is 4.31 Å². The summed E-state index contributed by atoms with van der Waals surface area (Å²) in [5, 5.41) is 0. The Kier molecular flexibility index (Phi) is 4.95. The number of halogens is 1. The zero-order valence-corrected chi connectivity index (χ0v) is 12.8. The third kappa shape index (κ3) is 3.41. The highest BCUT2D eigenvalue weighted by Gasteiger charge is 2.31. The van der Waals surface area contributed by atoms with Gasteiger partial charge in [0.15, 0.2) is 0 Å². The second-order valence-electron chi connectivity index (χ2n) is 4.97. The molecule has 0 radical (unpaired) electrons. The number of nitrogens with zero attached hydrogens (tertiary/aromatic N) is 2. The molecule has 0 spiro atoms. The number of carbonyl (C=O) groups excluding carboxylic acids is 1. The Bertz CT molecular complexity index is 610. The SMILES string of the molecule is CCCC(=O)N1CCN(S(=O)(=O)c2ccccc2F)CC1. The van der Waals surface area contributed by atoms with Crippen molar-refractivity contribution in [3.63, 3.8) is 0 Å². The van der Waals surface area contributed by atoms with Crippen molar-refractivity contribution in [3.05, 3.63) is 30.1 Å². The summed E-state index contributed by atoms with van der Waals surface area (Å²) in [4.78, 5) is 13.1. The lowest BCUT2D eigenvalue weighted by Crippen LogP contribution is -2.50. The van der Waals surface area contributed by atoms with E-state index < -0.39 is 15.8 Å². The van der Waals surface area contributed by atoms with E-state index in [1.807, 2.05) is 6.92 Å². The number of rotatable bonds is 4. The first kappa shape index (κ1) is 15.9. The molecule has 1 saturated heterocycles. The molecule has 1 fully saturated rings. The summed E-state index contributed by atoms with van der Waals surface area (Å²) in [6, 6.07) is 5.35. The molecule has 0 unspecified atom stereocenters. The first-order valence-corrected chi connectivity index (χ1v) is 8.43. The van der Waals surface area contributed by atoms with Gasteiger partial charge in [0.1, 0.15) is 10.7 Å². The van der Waals surface area contributed by atoms with Crippen molar-refractivity contribution in [2.75, 3.05) is 26.2 Å². The molecule has 0 saturated carbocycles. The summed E-state index contributed by atoms with van der Waals surface area (Å²) >= 11 is 0. The van der Waals surface area contributed by atoms with E-state index in [2.05, 4.69) is 0 Å². The van der Waals surface area contributed by atoms with Crippen LogP contribution >= 0.6 is 0 Å². The number of hydrogen-bond acceptors (Lipinski definition) is 3. The summed E-state index contributed by atoms with van der Waals surface area (Å²) in [5.41, 5.74) is 0. The minimum atomic E-state index is -3.83. The molecule has 7 heteroatoms. The normalized spacial score (nSPS) is 17.0. The second kappa shape index (κ2) is 6.53. The van der Waals surface area contributed by atoms with Gasteiger partial charge in [-0.15, -0.1) is 0 Å². The maximum Gasteiger partial charge on any atom is 0.246 e. The van der Waals surface area contributed by atoms with Crippen molar-refractivity contribution < 1.29 is 17.6 Å². The van der Waals surface area contributed by atoms with Gasteiger partial charge in [0.25, 0.3) is 0 Å². The van der Waals surface area contributed by atoms with Crippen LogP contribution in [0, 0.1) is 5.82 Å². The average molecular weight is 314 g/mol. The Morgan fingerprint density at radius 3 is 2.38 bits per heavy atom. The molecule has 2 rings (SSSR count). The minimum Gasteiger partial charge on any atom is -0.340 e. The molecule has 0 aromatic heterocycles. The van der Waals surface area contributed by atoms with Crippen molar-refractivity contribution in [1.82, 2.24) is 9.21 Å². The summed E-state index contributed by atoms with van der Waals surface area (Å²) in [6.07, 6.45) is 1.24. The molecule has 116 valence electrons. The van der Waals surface area contributed by atoms with Gasteiger partial charge >= 0.3 is 0 Å². The Morgan fingerprint density at radius 2 is 1.81 bits per heavy atom. The minimum absolute atomic E-state index is 0.0421. The summed E-state index contributed by atoms with van der Waals surface area (Å²) in [6.45, 7) is 3.04. The monoisotopic (exact) mass is 314 g/mol. The summed E-state index contributed by atoms with van der Waals surface area (Å²) in [7, 11) is -3.83. The molecule has 0 bridgehead atoms. The second-order valence-corrected chi connectivity index (χ2v) is 6.87. The van der Waals surface area contributed by atoms with E-state index in [0.29, 0.717) is 19.5 Å². The van der Waals surface area contributed by atoms with Crippen LogP contribution in [0.4, 0.5) is 4.39 Å². The van der Waals surface area contributed by atoms with Crippen molar-refractivity contribution in [2.45, 2.75) is 24.7 Å². The van der Waals surface area contributed by atoms with Crippen molar-refractivity contribution in [1.29, 1.82) is 0 Å². The van der Waals surface area contributed by atoms with E-state index in [1.54, 1.807) is 4.90 Å². The summed E-state index contributed by atoms with van der Waals surface area (Å²) < 4.78 is 39.7. The fourth-order valence-corrected chi connectivity index (χ4v) is 3.83. The van der Waals surface area contributed by atoms with Crippen LogP contribution in [0.5, 0.6) is 0 Å². The lowest BCUT2D eigenvalue weighted by molar-refractivity contribution is -0.132. The van der Waals surface area contributed by atoms with E-state index in [1.165, 1.54) is 22.5 Å². The summed E-state index contributed by atoms with van der Waals surface area (Å²) in [5.74, 6) is -0.706. The molecule has 1 aromatic rings. The van der Waals surface area contributed by atoms with Crippen LogP contribution in [0.3, 0.4) is 0 Å². The van der Waals surface area contributed by atoms with Gasteiger partial charge in [-0.3, -0.25) is 4.79 Å². The van der Waals surface area contributed by atoms with Crippen LogP contribution in [-0.2, 0) is 14.8 Å². The molecule has 1 aliphatic rings. The average Bonchev–Trinajstić information content (AvgIpc) is 2.48. The lowest BCUT2D eigenvalue weighted by atomic mass is 10.2. The zero-order valence-electron chi connectivity index (χ0n) is 12.0. The van der Waals surface area contributed by atoms with Gasteiger partial charge in [0.05, 0.1) is 0 Å². The van der Waals surface area contributed by atoms with Crippen LogP contribution in [0.2, 0.25) is 0 Å². The quantitative estimate of drug-likeness (QED) is 0.845. The molecular formula is C14H19FN2O3S. The highest BCUT2D eigenvalue weighted by Crippen LogP contribution is 2.20. The number of benzene rings is 1. The van der Waals surface area contributed by atoms with E-state index in [0.717, 1.165) is 12.5 Å². The van der Waals surface area contributed by atoms with Gasteiger partial charge < -0.3 is 4.90 Å². The number of sulfonamides is 1. The van der Waals surface area contributed by atoms with Crippen LogP contribution in [0.25, 0.3) is 0 Å². The van der Waals surface area contributed by atoms with Gasteiger partial charge in [0, 0.05) is 32.6 Å². The van der Waals surface area contributed by atoms with Crippen molar-refractivity contribution in [2.24, 2.45) is 0 Å². The molecule has 5 nitrogen and oxygen atoms in total. The van der Waals surface area contributed by atoms with Crippen molar-refractivity contribution >= 4 is 15.9 Å². The van der Waals surface area contributed by atoms with Gasteiger partial charge in [-0.05, 0) is 18.6 Å². The van der Waals surface area contributed by atoms with Crippen LogP contribution in [0.1, 0.15) is 19.8 Å². The Hall–Kier alpha value is -1.47. The molecule has 0 N–H and O–H groups in total. The van der Waals surface area contributed by atoms with Crippen LogP contribution in [-0.4, -0.2) is 49.7 Å². The Morgan fingerprint density at radius 1 is 1.19 bits per heavy atom. The predicted octanol–water partition coefficient (Wildman–Crippen LogP) is 1.46. The van der Waals surface area contributed by atoms with E-state index >= 15 is 0 Å². The number of carbonyl (C=O) groups is 1. The van der Waals surface area contributed by atoms with E-state index in [9.17, 15) is 17.6 Å². The molecule has 0 atom stereocenters. The number of hydrogen-bond donors (Lipinski definition) is 0. The van der Waals surface area contributed by atoms with E-state index in [4.69, 9.17) is 0 Å². The van der Waals surface area contributed by atoms with Gasteiger partial charge in [0.2, 0.25) is 15.9 Å². The fraction of sp³-hybridized carbons (Fsp3) is 0.500. The largest absolute Gasteiger partial charge is 0.340 e. The third-order valence-corrected chi connectivity index (χ3v) is 5.44. The van der Waals surface area contributed by atoms with Gasteiger partial charge in [-0.25, -0.2) is 12.8 Å². The molecule has 1 aromatic carbocycles. The maximum absolute atomic E-state index is 13.7. The number of amides is 1. The van der Waals surface area contributed by atoms with Gasteiger partial charge in [-0.1, -0.05) is 19.1 Å². The molecule has 0 aliphatic carbocycles. The van der Waals surface area contributed by atoms with Crippen LogP contribution < -0.4 is 0 Å². The fourth-order valence-electron chi connectivity index (χ4n) is 2.34. The van der Waals surface area contributed by atoms with Crippen LogP contribution in [0.15, 0.2) is 29.2 Å². The standard InChI is InChI=1S/C14H19FN2O3S/c1-2-5-14(18)16-8-10-17(11-9-16)21(19,20)13-7-4-3-6-12(13)15/h3-4,6-7H,2,5,8-11H2,1H3. The highest BCUT2D eigenvalue weighted by atomic mass is 32.2. The topological polar surface area (TPSA) is 57.7 Å². The van der Waals surface area contributed by atoms with E-state index in [-0.39, 0.29) is 23.9 Å². The molecule has 1 heterocycles. The molecule has 1 amide bonds. The molecular weight excluding hydrogens is 295 g/mol. The predicted molar refractivity (Wildman–Crippen MR) is 76.6 cm³/mol. The molecule has 21 heavy (non-hydrogen) atoms. The third-order valence-electron chi connectivity index (χ3n) is 3.51.